The van der Waals surface area contributed by atoms with Crippen LogP contribution in [0.1, 0.15) is 35.2 Å². The number of nitrogens with one attached hydrogen (secondary N) is 1. The Balaban J connectivity index is 1.40. The van der Waals surface area contributed by atoms with E-state index < -0.39 is 34.3 Å². The van der Waals surface area contributed by atoms with Gasteiger partial charge in [0.1, 0.15) is 16.5 Å². The van der Waals surface area contributed by atoms with Crippen LogP contribution in [-0.4, -0.2) is 32.7 Å². The molecule has 1 amide bonds. The number of carbonyl (C=O) groups is 3. The van der Waals surface area contributed by atoms with Crippen molar-refractivity contribution in [3.63, 3.8) is 0 Å². The third kappa shape index (κ3) is 8.02. The first-order valence-corrected chi connectivity index (χ1v) is 12.4. The molecule has 8 nitrogen and oxygen atoms in total. The topological polar surface area (TPSA) is 116 Å². The van der Waals surface area contributed by atoms with E-state index >= 15 is 0 Å². The minimum atomic E-state index is -4.02. The molecule has 3 aromatic carbocycles. The van der Waals surface area contributed by atoms with Gasteiger partial charge in [0.25, 0.3) is 0 Å². The number of hydrogen-bond acceptors (Lipinski definition) is 7. The molecule has 10 heteroatoms. The number of aryl methyl sites for hydroxylation is 1. The van der Waals surface area contributed by atoms with Gasteiger partial charge < -0.3 is 14.2 Å². The number of hydrogen-bond donors (Lipinski definition) is 1. The van der Waals surface area contributed by atoms with Crippen LogP contribution in [0.5, 0.6) is 5.75 Å². The maximum atomic E-state index is 12.9. The smallest absolute Gasteiger partial charge is 0.339 e. The molecule has 188 valence electrons. The zero-order valence-electron chi connectivity index (χ0n) is 19.4. The number of benzene rings is 3. The summed E-state index contributed by atoms with van der Waals surface area (Å²) in [5, 5.41) is 2.58. The first-order valence-electron chi connectivity index (χ1n) is 11.0. The molecule has 3 rings (SSSR count). The summed E-state index contributed by atoms with van der Waals surface area (Å²) in [6.45, 7) is 1.34. The quantitative estimate of drug-likeness (QED) is 0.229. The lowest BCUT2D eigenvalue weighted by Crippen LogP contribution is -2.15. The van der Waals surface area contributed by atoms with Gasteiger partial charge in [0, 0.05) is 24.1 Å². The van der Waals surface area contributed by atoms with Crippen LogP contribution in [0.3, 0.4) is 0 Å². The molecule has 0 unspecified atom stereocenters. The predicted octanol–water partition coefficient (Wildman–Crippen LogP) is 4.44. The van der Waals surface area contributed by atoms with E-state index in [0.29, 0.717) is 5.69 Å². The summed E-state index contributed by atoms with van der Waals surface area (Å²) >= 11 is 0. The van der Waals surface area contributed by atoms with E-state index in [1.165, 1.54) is 60.7 Å². The fourth-order valence-corrected chi connectivity index (χ4v) is 3.96. The minimum Gasteiger partial charge on any atom is -0.457 e. The molecule has 0 aromatic heterocycles. The molecule has 1 N–H and O–H groups in total. The zero-order chi connectivity index (χ0) is 26.1. The van der Waals surface area contributed by atoms with Crippen LogP contribution >= 0.6 is 0 Å². The lowest BCUT2D eigenvalue weighted by molar-refractivity contribution is -0.142. The Kier molecular flexibility index (Phi) is 8.91. The van der Waals surface area contributed by atoms with Crippen molar-refractivity contribution in [1.29, 1.82) is 0 Å². The molecule has 0 atom stereocenters. The van der Waals surface area contributed by atoms with Crippen molar-refractivity contribution in [2.45, 2.75) is 31.1 Å². The molecule has 0 spiro atoms. The zero-order valence-corrected chi connectivity index (χ0v) is 20.2. The standard InChI is InChI=1S/C26H24FNO7S/c1-18-5-15-23(16-6-18)36(32,33)35-22-13-7-19(8-14-22)24(29)17-34-26(31)4-2-3-25(30)28-21-11-9-20(27)10-12-21/h5-16H,2-4,17H2,1H3,(H,28,30). The second-order valence-electron chi connectivity index (χ2n) is 7.87. The van der Waals surface area contributed by atoms with E-state index in [4.69, 9.17) is 8.92 Å². The predicted molar refractivity (Wildman–Crippen MR) is 130 cm³/mol. The summed E-state index contributed by atoms with van der Waals surface area (Å²) in [5.74, 6) is -1.84. The van der Waals surface area contributed by atoms with Gasteiger partial charge in [0.2, 0.25) is 5.91 Å². The highest BCUT2D eigenvalue weighted by molar-refractivity contribution is 7.87. The van der Waals surface area contributed by atoms with Gasteiger partial charge in [-0.2, -0.15) is 8.42 Å². The highest BCUT2D eigenvalue weighted by atomic mass is 32.2. The molecule has 0 aliphatic carbocycles. The number of ether oxygens (including phenoxy) is 1. The monoisotopic (exact) mass is 513 g/mol. The maximum absolute atomic E-state index is 12.9. The minimum absolute atomic E-state index is 0.00750. The van der Waals surface area contributed by atoms with Crippen molar-refractivity contribution >= 4 is 33.5 Å². The largest absolute Gasteiger partial charge is 0.457 e. The Morgan fingerprint density at radius 3 is 2.14 bits per heavy atom. The number of amides is 1. The Bertz CT molecular complexity index is 1320. The van der Waals surface area contributed by atoms with Crippen LogP contribution in [0.4, 0.5) is 10.1 Å². The number of rotatable bonds is 11. The molecule has 3 aromatic rings. The first kappa shape index (κ1) is 26.6. The molecule has 0 aliphatic heterocycles. The van der Waals surface area contributed by atoms with Gasteiger partial charge in [0.05, 0.1) is 0 Å². The highest BCUT2D eigenvalue weighted by Crippen LogP contribution is 2.20. The Labute approximate surface area is 208 Å². The van der Waals surface area contributed by atoms with Crippen molar-refractivity contribution in [1.82, 2.24) is 0 Å². The summed E-state index contributed by atoms with van der Waals surface area (Å²) in [6.07, 6.45) is 0.197. The van der Waals surface area contributed by atoms with Crippen LogP contribution in [0.25, 0.3) is 0 Å². The van der Waals surface area contributed by atoms with E-state index in [1.54, 1.807) is 12.1 Å². The molecule has 0 aliphatic rings. The third-order valence-corrected chi connectivity index (χ3v) is 6.23. The van der Waals surface area contributed by atoms with Crippen LogP contribution < -0.4 is 9.50 Å². The number of halogens is 1. The molecule has 0 saturated carbocycles. The maximum Gasteiger partial charge on any atom is 0.339 e. The van der Waals surface area contributed by atoms with Gasteiger partial charge in [-0.3, -0.25) is 14.4 Å². The van der Waals surface area contributed by atoms with Gasteiger partial charge in [0.15, 0.2) is 12.4 Å². The van der Waals surface area contributed by atoms with Gasteiger partial charge in [-0.25, -0.2) is 4.39 Å². The Morgan fingerprint density at radius 2 is 1.50 bits per heavy atom. The fourth-order valence-electron chi connectivity index (χ4n) is 3.03. The van der Waals surface area contributed by atoms with Crippen molar-refractivity contribution in [3.8, 4) is 5.75 Å². The number of esters is 1. The molecule has 36 heavy (non-hydrogen) atoms. The summed E-state index contributed by atoms with van der Waals surface area (Å²) < 4.78 is 47.6. The molecule has 0 saturated heterocycles. The lowest BCUT2D eigenvalue weighted by atomic mass is 10.1. The summed E-state index contributed by atoms with van der Waals surface area (Å²) in [7, 11) is -4.02. The number of Topliss-reactive ketones (excluding diaryl/α,β-unsaturated/α-hetero) is 1. The van der Waals surface area contributed by atoms with Gasteiger partial charge in [-0.15, -0.1) is 0 Å². The van der Waals surface area contributed by atoms with Crippen LogP contribution in [0, 0.1) is 12.7 Å². The van der Waals surface area contributed by atoms with Crippen molar-refractivity contribution in [2.24, 2.45) is 0 Å². The summed E-state index contributed by atoms with van der Waals surface area (Å²) in [5.41, 5.74) is 1.56. The second kappa shape index (κ2) is 12.1. The van der Waals surface area contributed by atoms with Crippen molar-refractivity contribution in [2.75, 3.05) is 11.9 Å². The van der Waals surface area contributed by atoms with E-state index in [0.717, 1.165) is 5.56 Å². The molecule has 0 fully saturated rings. The molecular weight excluding hydrogens is 489 g/mol. The van der Waals surface area contributed by atoms with Gasteiger partial charge >= 0.3 is 16.1 Å². The third-order valence-electron chi connectivity index (χ3n) is 4.97. The van der Waals surface area contributed by atoms with Crippen LogP contribution in [-0.2, 0) is 24.4 Å². The van der Waals surface area contributed by atoms with Crippen LogP contribution in [0.2, 0.25) is 0 Å². The highest BCUT2D eigenvalue weighted by Gasteiger charge is 2.17. The molecule has 0 radical (unpaired) electrons. The van der Waals surface area contributed by atoms with Gasteiger partial charge in [-0.05, 0) is 74.0 Å². The van der Waals surface area contributed by atoms with E-state index in [9.17, 15) is 27.2 Å². The van der Waals surface area contributed by atoms with Gasteiger partial charge in [-0.1, -0.05) is 17.7 Å². The molecule has 0 heterocycles. The van der Waals surface area contributed by atoms with E-state index in [1.807, 2.05) is 6.92 Å². The second-order valence-corrected chi connectivity index (χ2v) is 9.41. The Morgan fingerprint density at radius 1 is 0.861 bits per heavy atom. The number of carbonyl (C=O) groups excluding carboxylic acids is 3. The average molecular weight is 514 g/mol. The number of ketones is 1. The normalized spacial score (nSPS) is 10.9. The first-order chi connectivity index (χ1) is 17.1. The number of anilines is 1. The molecule has 0 bridgehead atoms. The van der Waals surface area contributed by atoms with Crippen molar-refractivity contribution < 1.29 is 36.1 Å². The van der Waals surface area contributed by atoms with E-state index in [-0.39, 0.29) is 41.4 Å². The SMILES string of the molecule is Cc1ccc(S(=O)(=O)Oc2ccc(C(=O)COC(=O)CCCC(=O)Nc3ccc(F)cc3)cc2)cc1. The van der Waals surface area contributed by atoms with E-state index in [2.05, 4.69) is 5.32 Å². The summed E-state index contributed by atoms with van der Waals surface area (Å²) in [6, 6.07) is 16.9. The van der Waals surface area contributed by atoms with Crippen LogP contribution in [0.15, 0.2) is 77.7 Å². The van der Waals surface area contributed by atoms with Crippen molar-refractivity contribution in [3.05, 3.63) is 89.7 Å². The summed E-state index contributed by atoms with van der Waals surface area (Å²) in [4.78, 5) is 36.1. The molecular formula is C26H24FNO7S. The lowest BCUT2D eigenvalue weighted by Gasteiger charge is -2.08. The average Bonchev–Trinajstić information content (AvgIpc) is 2.84. The Hall–Kier alpha value is -4.05. The fraction of sp³-hybridized carbons (Fsp3) is 0.192.